The monoisotopic (exact) mass is 336 g/mol. The molecule has 1 aromatic rings. The van der Waals surface area contributed by atoms with Crippen LogP contribution in [0, 0.1) is 5.92 Å². The van der Waals surface area contributed by atoms with Crippen molar-refractivity contribution >= 4 is 29.3 Å². The van der Waals surface area contributed by atoms with Crippen LogP contribution in [0.5, 0.6) is 0 Å². The van der Waals surface area contributed by atoms with Crippen LogP contribution >= 0.6 is 11.8 Å². The third-order valence-corrected chi connectivity index (χ3v) is 4.40. The van der Waals surface area contributed by atoms with Crippen molar-refractivity contribution in [1.82, 2.24) is 5.32 Å². The summed E-state index contributed by atoms with van der Waals surface area (Å²) in [6.07, 6.45) is 0.777. The van der Waals surface area contributed by atoms with E-state index in [4.69, 9.17) is 4.74 Å². The highest BCUT2D eigenvalue weighted by molar-refractivity contribution is 8.00. The molecule has 0 spiro atoms. The first-order chi connectivity index (χ1) is 11.1. The van der Waals surface area contributed by atoms with Crippen LogP contribution < -0.4 is 10.2 Å². The third kappa shape index (κ3) is 5.55. The molecule has 0 atom stereocenters. The normalized spacial score (nSPS) is 14.0. The van der Waals surface area contributed by atoms with Crippen molar-refractivity contribution in [3.8, 4) is 0 Å². The molecule has 0 radical (unpaired) electrons. The first-order valence-corrected chi connectivity index (χ1v) is 8.93. The summed E-state index contributed by atoms with van der Waals surface area (Å²) in [6, 6.07) is 7.68. The Morgan fingerprint density at radius 2 is 2.17 bits per heavy atom. The van der Waals surface area contributed by atoms with Gasteiger partial charge in [-0.05, 0) is 24.5 Å². The lowest BCUT2D eigenvalue weighted by Crippen LogP contribution is -2.43. The van der Waals surface area contributed by atoms with Gasteiger partial charge in [0.25, 0.3) is 0 Å². The van der Waals surface area contributed by atoms with Gasteiger partial charge in [-0.3, -0.25) is 9.59 Å². The van der Waals surface area contributed by atoms with Gasteiger partial charge in [0.05, 0.1) is 11.4 Å². The molecular weight excluding hydrogens is 312 g/mol. The van der Waals surface area contributed by atoms with E-state index in [1.165, 1.54) is 11.8 Å². The minimum atomic E-state index is -0.135. The van der Waals surface area contributed by atoms with Gasteiger partial charge in [-0.2, -0.15) is 0 Å². The molecule has 1 heterocycles. The zero-order chi connectivity index (χ0) is 16.7. The van der Waals surface area contributed by atoms with Crippen molar-refractivity contribution in [2.75, 3.05) is 37.0 Å². The maximum absolute atomic E-state index is 12.1. The highest BCUT2D eigenvalue weighted by Gasteiger charge is 2.25. The van der Waals surface area contributed by atoms with Crippen molar-refractivity contribution < 1.29 is 14.3 Å². The van der Waals surface area contributed by atoms with Crippen molar-refractivity contribution in [3.63, 3.8) is 0 Å². The fraction of sp³-hybridized carbons (Fsp3) is 0.529. The van der Waals surface area contributed by atoms with E-state index >= 15 is 0 Å². The Kier molecular flexibility index (Phi) is 6.92. The van der Waals surface area contributed by atoms with E-state index in [-0.39, 0.29) is 18.4 Å². The number of benzene rings is 1. The molecular formula is C17H24N2O3S. The Bertz CT molecular complexity index is 548. The van der Waals surface area contributed by atoms with Crippen LogP contribution in [-0.4, -0.2) is 43.9 Å². The number of rotatable bonds is 8. The minimum Gasteiger partial charge on any atom is -0.381 e. The van der Waals surface area contributed by atoms with E-state index in [0.29, 0.717) is 24.8 Å². The van der Waals surface area contributed by atoms with Crippen molar-refractivity contribution in [2.45, 2.75) is 25.2 Å². The van der Waals surface area contributed by atoms with Gasteiger partial charge in [0.2, 0.25) is 11.8 Å². The molecule has 0 fully saturated rings. The molecule has 0 aliphatic carbocycles. The molecule has 5 nitrogen and oxygen atoms in total. The van der Waals surface area contributed by atoms with Crippen molar-refractivity contribution in [2.24, 2.45) is 5.92 Å². The number of fused-ring (bicyclic) bond motifs is 1. The van der Waals surface area contributed by atoms with Crippen LogP contribution in [0.1, 0.15) is 20.3 Å². The molecule has 1 aliphatic heterocycles. The van der Waals surface area contributed by atoms with Crippen LogP contribution in [0.2, 0.25) is 0 Å². The molecule has 2 rings (SSSR count). The zero-order valence-electron chi connectivity index (χ0n) is 13.7. The second-order valence-electron chi connectivity index (χ2n) is 5.91. The van der Waals surface area contributed by atoms with E-state index in [0.717, 1.165) is 23.6 Å². The molecule has 0 saturated carbocycles. The van der Waals surface area contributed by atoms with Gasteiger partial charge in [0.15, 0.2) is 0 Å². The molecule has 6 heteroatoms. The standard InChI is InChI=1S/C17H24N2O3S/c1-13(2)11-22-9-5-8-18-16(20)10-19-14-6-3-4-7-15(14)23-12-17(19)21/h3-4,6-7,13H,5,8-12H2,1-2H3,(H,18,20). The number of hydrogen-bond acceptors (Lipinski definition) is 4. The topological polar surface area (TPSA) is 58.6 Å². The summed E-state index contributed by atoms with van der Waals surface area (Å²) in [4.78, 5) is 26.7. The molecule has 2 amide bonds. The van der Waals surface area contributed by atoms with Gasteiger partial charge in [0.1, 0.15) is 6.54 Å². The summed E-state index contributed by atoms with van der Waals surface area (Å²) in [5.74, 6) is 0.744. The Morgan fingerprint density at radius 1 is 1.39 bits per heavy atom. The van der Waals surface area contributed by atoms with Gasteiger partial charge >= 0.3 is 0 Å². The Hall–Kier alpha value is -1.53. The van der Waals surface area contributed by atoms with Crippen LogP contribution in [-0.2, 0) is 14.3 Å². The Morgan fingerprint density at radius 3 is 2.96 bits per heavy atom. The molecule has 0 saturated heterocycles. The second kappa shape index (κ2) is 8.93. The van der Waals surface area contributed by atoms with Gasteiger partial charge in [-0.1, -0.05) is 26.0 Å². The lowest BCUT2D eigenvalue weighted by atomic mass is 10.2. The lowest BCUT2D eigenvalue weighted by molar-refractivity contribution is -0.123. The summed E-state index contributed by atoms with van der Waals surface area (Å²) in [5.41, 5.74) is 0.823. The molecule has 0 aromatic heterocycles. The molecule has 23 heavy (non-hydrogen) atoms. The molecule has 0 bridgehead atoms. The number of amides is 2. The lowest BCUT2D eigenvalue weighted by Gasteiger charge is -2.28. The van der Waals surface area contributed by atoms with Crippen LogP contribution in [0.15, 0.2) is 29.2 Å². The summed E-state index contributed by atoms with van der Waals surface area (Å²) >= 11 is 1.52. The number of carbonyl (C=O) groups excluding carboxylic acids is 2. The maximum Gasteiger partial charge on any atom is 0.240 e. The third-order valence-electron chi connectivity index (χ3n) is 3.35. The Balaban J connectivity index is 1.76. The van der Waals surface area contributed by atoms with E-state index in [2.05, 4.69) is 19.2 Å². The number of anilines is 1. The number of nitrogens with zero attached hydrogens (tertiary/aromatic N) is 1. The summed E-state index contributed by atoms with van der Waals surface area (Å²) < 4.78 is 5.47. The Labute approximate surface area is 141 Å². The number of ether oxygens (including phenoxy) is 1. The second-order valence-corrected chi connectivity index (χ2v) is 6.93. The van der Waals surface area contributed by atoms with E-state index in [1.54, 1.807) is 4.90 Å². The summed E-state index contributed by atoms with van der Waals surface area (Å²) in [6.45, 7) is 6.23. The molecule has 1 N–H and O–H groups in total. The predicted molar refractivity (Wildman–Crippen MR) is 92.8 cm³/mol. The van der Waals surface area contributed by atoms with Gasteiger partial charge in [-0.25, -0.2) is 0 Å². The largest absolute Gasteiger partial charge is 0.381 e. The number of thioether (sulfide) groups is 1. The van der Waals surface area contributed by atoms with E-state index in [9.17, 15) is 9.59 Å². The molecule has 0 unspecified atom stereocenters. The molecule has 126 valence electrons. The summed E-state index contributed by atoms with van der Waals surface area (Å²) in [5, 5.41) is 2.85. The average Bonchev–Trinajstić information content (AvgIpc) is 2.53. The van der Waals surface area contributed by atoms with Gasteiger partial charge in [-0.15, -0.1) is 11.8 Å². The quantitative estimate of drug-likeness (QED) is 0.740. The SMILES string of the molecule is CC(C)COCCCNC(=O)CN1C(=O)CSc2ccccc21. The smallest absolute Gasteiger partial charge is 0.240 e. The highest BCUT2D eigenvalue weighted by atomic mass is 32.2. The maximum atomic E-state index is 12.1. The number of nitrogens with one attached hydrogen (secondary N) is 1. The number of hydrogen-bond donors (Lipinski definition) is 1. The predicted octanol–water partition coefficient (Wildman–Crippen LogP) is 2.30. The van der Waals surface area contributed by atoms with E-state index < -0.39 is 0 Å². The number of para-hydroxylation sites is 1. The van der Waals surface area contributed by atoms with Gasteiger partial charge in [0, 0.05) is 24.7 Å². The van der Waals surface area contributed by atoms with Crippen molar-refractivity contribution in [1.29, 1.82) is 0 Å². The van der Waals surface area contributed by atoms with Crippen molar-refractivity contribution in [3.05, 3.63) is 24.3 Å². The van der Waals surface area contributed by atoms with E-state index in [1.807, 2.05) is 24.3 Å². The average molecular weight is 336 g/mol. The highest BCUT2D eigenvalue weighted by Crippen LogP contribution is 2.34. The van der Waals surface area contributed by atoms with Crippen LogP contribution in [0.3, 0.4) is 0 Å². The van der Waals surface area contributed by atoms with Crippen LogP contribution in [0.4, 0.5) is 5.69 Å². The zero-order valence-corrected chi connectivity index (χ0v) is 14.5. The number of carbonyl (C=O) groups is 2. The van der Waals surface area contributed by atoms with Crippen LogP contribution in [0.25, 0.3) is 0 Å². The first-order valence-electron chi connectivity index (χ1n) is 7.94. The first kappa shape index (κ1) is 17.8. The van der Waals surface area contributed by atoms with Gasteiger partial charge < -0.3 is 15.0 Å². The summed E-state index contributed by atoms with van der Waals surface area (Å²) in [7, 11) is 0. The fourth-order valence-electron chi connectivity index (χ4n) is 2.25. The fourth-order valence-corrected chi connectivity index (χ4v) is 3.18. The minimum absolute atomic E-state index is 0.0240. The molecule has 1 aromatic carbocycles. The molecule has 1 aliphatic rings.